The van der Waals surface area contributed by atoms with E-state index in [1.54, 1.807) is 29.7 Å². The zero-order chi connectivity index (χ0) is 20.4. The van der Waals surface area contributed by atoms with Crippen molar-refractivity contribution in [1.82, 2.24) is 4.57 Å². The van der Waals surface area contributed by atoms with Gasteiger partial charge in [0.15, 0.2) is 6.29 Å². The van der Waals surface area contributed by atoms with Gasteiger partial charge < -0.3 is 9.30 Å². The molecular weight excluding hydrogens is 364 g/mol. The van der Waals surface area contributed by atoms with E-state index in [0.29, 0.717) is 29.3 Å². The van der Waals surface area contributed by atoms with Crippen LogP contribution >= 0.6 is 0 Å². The molecule has 0 unspecified atom stereocenters. The van der Waals surface area contributed by atoms with Gasteiger partial charge in [0.05, 0.1) is 29.3 Å². The molecule has 142 valence electrons. The van der Waals surface area contributed by atoms with Gasteiger partial charge in [0.25, 0.3) is 0 Å². The molecule has 0 aliphatic carbocycles. The lowest BCUT2D eigenvalue weighted by molar-refractivity contribution is 0.0513. The molecule has 4 rings (SSSR count). The van der Waals surface area contributed by atoms with E-state index in [-0.39, 0.29) is 17.9 Å². The molecule has 1 heterocycles. The molecule has 0 aliphatic heterocycles. The molecule has 5 heteroatoms. The third-order valence-electron chi connectivity index (χ3n) is 5.03. The first kappa shape index (κ1) is 18.5. The molecule has 0 amide bonds. The quantitative estimate of drug-likeness (QED) is 0.370. The highest BCUT2D eigenvalue weighted by Gasteiger charge is 2.24. The maximum atomic E-state index is 12.8. The molecular formula is C24H18N2O3. The predicted molar refractivity (Wildman–Crippen MR) is 111 cm³/mol. The minimum atomic E-state index is -0.551. The number of esters is 1. The topological polar surface area (TPSA) is 72.1 Å². The number of carbonyl (C=O) groups is 2. The number of hydrogen-bond acceptors (Lipinski definition) is 4. The van der Waals surface area contributed by atoms with E-state index in [1.807, 2.05) is 42.5 Å². The molecule has 0 atom stereocenters. The smallest absolute Gasteiger partial charge is 0.355 e. The monoisotopic (exact) mass is 382 g/mol. The Morgan fingerprint density at radius 1 is 1.10 bits per heavy atom. The number of fused-ring (bicyclic) bond motifs is 2. The van der Waals surface area contributed by atoms with Crippen LogP contribution in [0.25, 0.3) is 21.7 Å². The lowest BCUT2D eigenvalue weighted by Crippen LogP contribution is -2.15. The van der Waals surface area contributed by atoms with Crippen LogP contribution in [-0.2, 0) is 11.3 Å². The minimum Gasteiger partial charge on any atom is -0.461 e. The van der Waals surface area contributed by atoms with Crippen molar-refractivity contribution < 1.29 is 14.3 Å². The first-order valence-corrected chi connectivity index (χ1v) is 9.33. The Balaban J connectivity index is 2.00. The van der Waals surface area contributed by atoms with Crippen molar-refractivity contribution in [2.45, 2.75) is 13.5 Å². The summed E-state index contributed by atoms with van der Waals surface area (Å²) in [4.78, 5) is 24.7. The first-order chi connectivity index (χ1) is 14.2. The summed E-state index contributed by atoms with van der Waals surface area (Å²) in [5.41, 5.74) is 2.61. The van der Waals surface area contributed by atoms with Crippen LogP contribution < -0.4 is 0 Å². The van der Waals surface area contributed by atoms with E-state index in [9.17, 15) is 14.9 Å². The molecule has 0 radical (unpaired) electrons. The van der Waals surface area contributed by atoms with Gasteiger partial charge in [0.1, 0.15) is 5.69 Å². The Kier molecular flexibility index (Phi) is 4.84. The number of carbonyl (C=O) groups excluding carboxylic acids is 2. The van der Waals surface area contributed by atoms with Crippen molar-refractivity contribution in [2.75, 3.05) is 6.61 Å². The average Bonchev–Trinajstić information content (AvgIpc) is 3.06. The number of ether oxygens (including phenoxy) is 1. The van der Waals surface area contributed by atoms with Gasteiger partial charge in [-0.1, -0.05) is 48.5 Å². The summed E-state index contributed by atoms with van der Waals surface area (Å²) in [6.07, 6.45) is 0.681. The van der Waals surface area contributed by atoms with Crippen LogP contribution in [0.4, 0.5) is 0 Å². The zero-order valence-electron chi connectivity index (χ0n) is 15.9. The molecule has 3 aromatic carbocycles. The Morgan fingerprint density at radius 3 is 2.66 bits per heavy atom. The molecule has 0 spiro atoms. The number of aldehydes is 1. The van der Waals surface area contributed by atoms with Crippen molar-refractivity contribution in [2.24, 2.45) is 0 Å². The second-order valence-corrected chi connectivity index (χ2v) is 6.67. The largest absolute Gasteiger partial charge is 0.461 e. The fourth-order valence-electron chi connectivity index (χ4n) is 3.75. The number of hydrogen-bond donors (Lipinski definition) is 0. The second kappa shape index (κ2) is 7.61. The van der Waals surface area contributed by atoms with Crippen LogP contribution in [0.15, 0.2) is 60.7 Å². The Morgan fingerprint density at radius 2 is 1.90 bits per heavy atom. The highest BCUT2D eigenvalue weighted by atomic mass is 16.5. The van der Waals surface area contributed by atoms with Crippen molar-refractivity contribution >= 4 is 33.9 Å². The maximum absolute atomic E-state index is 12.8. The highest BCUT2D eigenvalue weighted by molar-refractivity contribution is 6.09. The van der Waals surface area contributed by atoms with Gasteiger partial charge in [-0.3, -0.25) is 4.79 Å². The van der Waals surface area contributed by atoms with Gasteiger partial charge in [0.2, 0.25) is 0 Å². The summed E-state index contributed by atoms with van der Waals surface area (Å²) in [5.74, 6) is -0.551. The van der Waals surface area contributed by atoms with Gasteiger partial charge in [-0.2, -0.15) is 5.26 Å². The minimum absolute atomic E-state index is 0.205. The predicted octanol–water partition coefficient (Wildman–Crippen LogP) is 4.70. The summed E-state index contributed by atoms with van der Waals surface area (Å²) < 4.78 is 7.02. The second-order valence-electron chi connectivity index (χ2n) is 6.67. The van der Waals surface area contributed by atoms with E-state index < -0.39 is 5.97 Å². The summed E-state index contributed by atoms with van der Waals surface area (Å²) in [6, 6.07) is 21.2. The Hall–Kier alpha value is -3.91. The van der Waals surface area contributed by atoms with Crippen molar-refractivity contribution in [3.8, 4) is 6.07 Å². The van der Waals surface area contributed by atoms with E-state index in [1.165, 1.54) is 0 Å². The fourth-order valence-corrected chi connectivity index (χ4v) is 3.75. The maximum Gasteiger partial charge on any atom is 0.355 e. The van der Waals surface area contributed by atoms with Gasteiger partial charge in [0, 0.05) is 11.9 Å². The van der Waals surface area contributed by atoms with Crippen molar-refractivity contribution in [1.29, 1.82) is 5.26 Å². The summed E-state index contributed by atoms with van der Waals surface area (Å²) in [7, 11) is 0. The number of nitriles is 1. The lowest BCUT2D eigenvalue weighted by atomic mass is 10.0. The van der Waals surface area contributed by atoms with Gasteiger partial charge in [-0.05, 0) is 35.4 Å². The first-order valence-electron chi connectivity index (χ1n) is 9.33. The third-order valence-corrected chi connectivity index (χ3v) is 5.03. The molecule has 0 saturated heterocycles. The average molecular weight is 382 g/mol. The normalized spacial score (nSPS) is 10.8. The van der Waals surface area contributed by atoms with Gasteiger partial charge >= 0.3 is 5.97 Å². The molecule has 29 heavy (non-hydrogen) atoms. The number of nitrogens with zero attached hydrogens (tertiary/aromatic N) is 2. The SMILES string of the molecule is CCOC(=O)c1c(C=O)c2ccc(C#N)cc2n1Cc1cccc2ccccc12. The Labute approximate surface area is 167 Å². The van der Waals surface area contributed by atoms with E-state index in [0.717, 1.165) is 16.3 Å². The molecule has 4 aromatic rings. The van der Waals surface area contributed by atoms with Crippen LogP contribution in [0.2, 0.25) is 0 Å². The molecule has 0 saturated carbocycles. The van der Waals surface area contributed by atoms with E-state index >= 15 is 0 Å². The van der Waals surface area contributed by atoms with Crippen LogP contribution in [0.1, 0.15) is 38.9 Å². The van der Waals surface area contributed by atoms with Crippen LogP contribution in [0, 0.1) is 11.3 Å². The zero-order valence-corrected chi connectivity index (χ0v) is 15.9. The number of rotatable bonds is 5. The van der Waals surface area contributed by atoms with Crippen LogP contribution in [0.5, 0.6) is 0 Å². The summed E-state index contributed by atoms with van der Waals surface area (Å²) >= 11 is 0. The molecule has 1 aromatic heterocycles. The lowest BCUT2D eigenvalue weighted by Gasteiger charge is -2.13. The van der Waals surface area contributed by atoms with Gasteiger partial charge in [-0.15, -0.1) is 0 Å². The molecule has 0 fully saturated rings. The fraction of sp³-hybridized carbons (Fsp3) is 0.125. The van der Waals surface area contributed by atoms with Crippen LogP contribution in [-0.4, -0.2) is 23.4 Å². The third kappa shape index (κ3) is 3.15. The van der Waals surface area contributed by atoms with Crippen LogP contribution in [0.3, 0.4) is 0 Å². The molecule has 0 N–H and O–H groups in total. The van der Waals surface area contributed by atoms with E-state index in [2.05, 4.69) is 6.07 Å². The molecule has 0 aliphatic rings. The Bertz CT molecular complexity index is 1290. The molecule has 0 bridgehead atoms. The van der Waals surface area contributed by atoms with Crippen molar-refractivity contribution in [3.05, 3.63) is 83.0 Å². The number of aromatic nitrogens is 1. The summed E-state index contributed by atoms with van der Waals surface area (Å²) in [5, 5.41) is 12.1. The van der Waals surface area contributed by atoms with Gasteiger partial charge in [-0.25, -0.2) is 4.79 Å². The standard InChI is InChI=1S/C24H18N2O3/c1-2-29-24(28)23-21(15-27)20-11-10-16(13-25)12-22(20)26(23)14-18-8-5-7-17-6-3-4-9-19(17)18/h3-12,15H,2,14H2,1H3. The van der Waals surface area contributed by atoms with E-state index in [4.69, 9.17) is 4.74 Å². The highest BCUT2D eigenvalue weighted by Crippen LogP contribution is 2.29. The van der Waals surface area contributed by atoms with Crippen molar-refractivity contribution in [3.63, 3.8) is 0 Å². The summed E-state index contributed by atoms with van der Waals surface area (Å²) in [6.45, 7) is 2.30. The number of benzene rings is 3. The molecule has 5 nitrogen and oxygen atoms in total.